The summed E-state index contributed by atoms with van der Waals surface area (Å²) in [6.45, 7) is 2.08. The fraction of sp³-hybridized carbons (Fsp3) is 0.182. The molecule has 7 heteroatoms. The number of benzene rings is 1. The Morgan fingerprint density at radius 1 is 1.33 bits per heavy atom. The van der Waals surface area contributed by atoms with Gasteiger partial charge in [0.25, 0.3) is 0 Å². The Labute approximate surface area is 108 Å². The smallest absolute Gasteiger partial charge is 0.223 e. The van der Waals surface area contributed by atoms with E-state index in [0.717, 1.165) is 21.6 Å². The van der Waals surface area contributed by atoms with E-state index in [1.165, 1.54) is 0 Å². The third kappa shape index (κ3) is 2.75. The van der Waals surface area contributed by atoms with Gasteiger partial charge in [-0.3, -0.25) is 0 Å². The molecule has 0 fully saturated rings. The summed E-state index contributed by atoms with van der Waals surface area (Å²) in [5, 5.41) is 1.10. The van der Waals surface area contributed by atoms with E-state index in [9.17, 15) is 0 Å². The second-order valence-electron chi connectivity index (χ2n) is 3.62. The van der Waals surface area contributed by atoms with Crippen molar-refractivity contribution in [3.63, 3.8) is 0 Å². The van der Waals surface area contributed by atoms with Gasteiger partial charge in [-0.1, -0.05) is 6.92 Å². The summed E-state index contributed by atoms with van der Waals surface area (Å²) in [6.07, 6.45) is 0.925. The molecule has 0 radical (unpaired) electrons. The van der Waals surface area contributed by atoms with Crippen molar-refractivity contribution in [3.05, 3.63) is 23.2 Å². The van der Waals surface area contributed by atoms with E-state index in [0.29, 0.717) is 5.69 Å². The Morgan fingerprint density at radius 3 is 2.78 bits per heavy atom. The van der Waals surface area contributed by atoms with E-state index in [1.807, 2.05) is 18.2 Å². The normalized spacial score (nSPS) is 11.7. The average Bonchev–Trinajstić information content (AvgIpc) is 2.69. The van der Waals surface area contributed by atoms with Crippen LogP contribution < -0.4 is 17.2 Å². The maximum absolute atomic E-state index is 5.57. The molecule has 2 aromatic rings. The quantitative estimate of drug-likeness (QED) is 0.554. The Balaban J connectivity index is 2.38. The highest BCUT2D eigenvalue weighted by Gasteiger charge is 2.03. The molecule has 0 aliphatic heterocycles. The van der Waals surface area contributed by atoms with E-state index in [-0.39, 0.29) is 11.9 Å². The van der Waals surface area contributed by atoms with E-state index in [1.54, 1.807) is 11.3 Å². The predicted molar refractivity (Wildman–Crippen MR) is 76.1 cm³/mol. The summed E-state index contributed by atoms with van der Waals surface area (Å²) >= 11 is 1.65. The maximum atomic E-state index is 5.57. The molecular formula is C11H14N6S. The molecule has 0 aliphatic rings. The van der Waals surface area contributed by atoms with E-state index in [4.69, 9.17) is 17.2 Å². The van der Waals surface area contributed by atoms with Crippen LogP contribution in [0.2, 0.25) is 0 Å². The van der Waals surface area contributed by atoms with Crippen molar-refractivity contribution in [2.24, 2.45) is 27.2 Å². The first-order valence-electron chi connectivity index (χ1n) is 5.41. The highest BCUT2D eigenvalue weighted by atomic mass is 32.1. The zero-order chi connectivity index (χ0) is 13.1. The van der Waals surface area contributed by atoms with Gasteiger partial charge in [0, 0.05) is 0 Å². The molecular weight excluding hydrogens is 248 g/mol. The van der Waals surface area contributed by atoms with Crippen molar-refractivity contribution < 1.29 is 0 Å². The van der Waals surface area contributed by atoms with Gasteiger partial charge in [0.05, 0.1) is 20.9 Å². The van der Waals surface area contributed by atoms with Crippen LogP contribution >= 0.6 is 11.3 Å². The average molecular weight is 262 g/mol. The monoisotopic (exact) mass is 262 g/mol. The molecule has 0 spiro atoms. The molecule has 0 unspecified atom stereocenters. The van der Waals surface area contributed by atoms with Gasteiger partial charge in [-0.2, -0.15) is 4.99 Å². The number of hydrogen-bond acceptors (Lipinski definition) is 3. The summed E-state index contributed by atoms with van der Waals surface area (Å²) < 4.78 is 1.07. The fourth-order valence-electron chi connectivity index (χ4n) is 1.47. The minimum atomic E-state index is -0.108. The van der Waals surface area contributed by atoms with Crippen molar-refractivity contribution in [1.82, 2.24) is 4.98 Å². The largest absolute Gasteiger partial charge is 0.370 e. The summed E-state index contributed by atoms with van der Waals surface area (Å²) in [7, 11) is 0. The number of thiazole rings is 1. The lowest BCUT2D eigenvalue weighted by Crippen LogP contribution is -2.26. The van der Waals surface area contributed by atoms with Gasteiger partial charge < -0.3 is 17.2 Å². The standard InChI is InChI=1S/C11H14N6S/c1-2-9-16-7-4-3-6(5-8(7)18-9)15-11(14)17-10(12)13/h3-5H,2H2,1H3,(H6,12,13,14,15,17). The van der Waals surface area contributed by atoms with Crippen molar-refractivity contribution in [1.29, 1.82) is 0 Å². The summed E-state index contributed by atoms with van der Waals surface area (Å²) in [4.78, 5) is 12.2. The first-order chi connectivity index (χ1) is 8.58. The van der Waals surface area contributed by atoms with Gasteiger partial charge in [0.1, 0.15) is 0 Å². The SMILES string of the molecule is CCc1nc2ccc(N=C(N)N=C(N)N)cc2s1. The van der Waals surface area contributed by atoms with Gasteiger partial charge >= 0.3 is 0 Å². The third-order valence-corrected chi connectivity index (χ3v) is 3.37. The van der Waals surface area contributed by atoms with Crippen LogP contribution in [0.1, 0.15) is 11.9 Å². The van der Waals surface area contributed by atoms with Crippen molar-refractivity contribution in [2.45, 2.75) is 13.3 Å². The summed E-state index contributed by atoms with van der Waals surface area (Å²) in [5.74, 6) is -0.0713. The van der Waals surface area contributed by atoms with Crippen LogP contribution in [0.3, 0.4) is 0 Å². The number of rotatable bonds is 2. The van der Waals surface area contributed by atoms with Gasteiger partial charge in [0.15, 0.2) is 5.96 Å². The predicted octanol–water partition coefficient (Wildman–Crippen LogP) is 1.08. The second kappa shape index (κ2) is 5.01. The molecule has 0 aliphatic carbocycles. The van der Waals surface area contributed by atoms with E-state index >= 15 is 0 Å². The Hall–Kier alpha value is -2.15. The molecule has 1 heterocycles. The molecule has 0 saturated carbocycles. The van der Waals surface area contributed by atoms with Crippen LogP contribution in [-0.2, 0) is 6.42 Å². The Bertz CT molecular complexity index is 623. The molecule has 94 valence electrons. The zero-order valence-electron chi connectivity index (χ0n) is 9.92. The van der Waals surface area contributed by atoms with Crippen molar-refractivity contribution in [3.8, 4) is 0 Å². The first kappa shape index (κ1) is 12.3. The highest BCUT2D eigenvalue weighted by Crippen LogP contribution is 2.26. The summed E-state index contributed by atoms with van der Waals surface area (Å²) in [6, 6.07) is 5.66. The molecule has 1 aromatic heterocycles. The molecule has 6 N–H and O–H groups in total. The van der Waals surface area contributed by atoms with Crippen LogP contribution in [0.15, 0.2) is 28.2 Å². The molecule has 1 aromatic carbocycles. The van der Waals surface area contributed by atoms with Crippen LogP contribution in [-0.4, -0.2) is 16.9 Å². The lowest BCUT2D eigenvalue weighted by atomic mass is 10.3. The number of nitrogens with zero attached hydrogens (tertiary/aromatic N) is 3. The molecule has 6 nitrogen and oxygen atoms in total. The molecule has 0 bridgehead atoms. The van der Waals surface area contributed by atoms with Crippen molar-refractivity contribution in [2.75, 3.05) is 0 Å². The van der Waals surface area contributed by atoms with Crippen LogP contribution in [0, 0.1) is 0 Å². The minimum Gasteiger partial charge on any atom is -0.370 e. The second-order valence-corrected chi connectivity index (χ2v) is 4.74. The number of fused-ring (bicyclic) bond motifs is 1. The molecule has 18 heavy (non-hydrogen) atoms. The Morgan fingerprint density at radius 2 is 2.11 bits per heavy atom. The first-order valence-corrected chi connectivity index (χ1v) is 6.23. The lowest BCUT2D eigenvalue weighted by molar-refractivity contribution is 1.11. The minimum absolute atomic E-state index is 0.0366. The number of aliphatic imine (C=N–C) groups is 2. The number of nitrogens with two attached hydrogens (primary N) is 3. The maximum Gasteiger partial charge on any atom is 0.223 e. The van der Waals surface area contributed by atoms with Gasteiger partial charge in [-0.25, -0.2) is 9.98 Å². The fourth-order valence-corrected chi connectivity index (χ4v) is 2.41. The third-order valence-electron chi connectivity index (χ3n) is 2.21. The van der Waals surface area contributed by atoms with Gasteiger partial charge in [-0.15, -0.1) is 11.3 Å². The Kier molecular flexibility index (Phi) is 3.42. The lowest BCUT2D eigenvalue weighted by Gasteiger charge is -1.95. The van der Waals surface area contributed by atoms with Crippen molar-refractivity contribution >= 4 is 39.2 Å². The number of aryl methyl sites for hydroxylation is 1. The highest BCUT2D eigenvalue weighted by molar-refractivity contribution is 7.18. The molecule has 0 amide bonds. The molecule has 0 saturated heterocycles. The van der Waals surface area contributed by atoms with E-state index in [2.05, 4.69) is 21.9 Å². The molecule has 2 rings (SSSR count). The number of hydrogen-bond donors (Lipinski definition) is 3. The van der Waals surface area contributed by atoms with E-state index < -0.39 is 0 Å². The number of aromatic nitrogens is 1. The van der Waals surface area contributed by atoms with Gasteiger partial charge in [0.2, 0.25) is 5.96 Å². The topological polar surface area (TPSA) is 116 Å². The molecule has 0 atom stereocenters. The van der Waals surface area contributed by atoms with Gasteiger partial charge in [-0.05, 0) is 24.6 Å². The van der Waals surface area contributed by atoms with Crippen LogP contribution in [0.5, 0.6) is 0 Å². The zero-order valence-corrected chi connectivity index (χ0v) is 10.7. The van der Waals surface area contributed by atoms with Crippen LogP contribution in [0.4, 0.5) is 5.69 Å². The summed E-state index contributed by atoms with van der Waals surface area (Å²) in [5.41, 5.74) is 17.7. The van der Waals surface area contributed by atoms with Crippen LogP contribution in [0.25, 0.3) is 10.2 Å². The number of guanidine groups is 2.